The van der Waals surface area contributed by atoms with E-state index in [0.29, 0.717) is 32.0 Å². The minimum Gasteiger partial charge on any atom is -0.377 e. The van der Waals surface area contributed by atoms with E-state index in [4.69, 9.17) is 9.72 Å². The van der Waals surface area contributed by atoms with Crippen molar-refractivity contribution in [2.45, 2.75) is 50.5 Å². The van der Waals surface area contributed by atoms with Gasteiger partial charge < -0.3 is 20.3 Å². The van der Waals surface area contributed by atoms with Crippen LogP contribution in [0.3, 0.4) is 0 Å². The van der Waals surface area contributed by atoms with Crippen molar-refractivity contribution >= 4 is 23.2 Å². The number of fused-ring (bicyclic) bond motifs is 2. The number of nitrogens with zero attached hydrogens (tertiary/aromatic N) is 5. The molecule has 2 fully saturated rings. The first-order chi connectivity index (χ1) is 15.8. The Morgan fingerprint density at radius 1 is 1.24 bits per heavy atom. The highest BCUT2D eigenvalue weighted by Crippen LogP contribution is 2.39. The number of urea groups is 1. The second-order valence-corrected chi connectivity index (χ2v) is 8.63. The van der Waals surface area contributed by atoms with E-state index >= 15 is 0 Å². The van der Waals surface area contributed by atoms with E-state index in [1.807, 2.05) is 29.2 Å². The van der Waals surface area contributed by atoms with Crippen LogP contribution in [-0.2, 0) is 4.74 Å². The van der Waals surface area contributed by atoms with Crippen LogP contribution in [0.4, 0.5) is 29.6 Å². The van der Waals surface area contributed by atoms with Crippen LogP contribution in [-0.4, -0.2) is 68.7 Å². The number of amides is 2. The van der Waals surface area contributed by atoms with Crippen LogP contribution in [0.25, 0.3) is 5.57 Å². The molecule has 2 saturated heterocycles. The van der Waals surface area contributed by atoms with Gasteiger partial charge in [0.1, 0.15) is 6.54 Å². The molecule has 0 aliphatic carbocycles. The predicted molar refractivity (Wildman–Crippen MR) is 113 cm³/mol. The molecule has 5 rings (SSSR count). The van der Waals surface area contributed by atoms with Gasteiger partial charge in [0.15, 0.2) is 0 Å². The maximum Gasteiger partial charge on any atom is 0.405 e. The number of carbonyl (C=O) groups excluding carboxylic acids is 1. The van der Waals surface area contributed by atoms with Crippen molar-refractivity contribution < 1.29 is 22.7 Å². The SMILES string of the molecule is Cc1cnc(Nc2cnn(C3COC3)c2)nc1C1=CC2CCC(C1)N2C(=O)NCC(F)(F)F. The number of carbonyl (C=O) groups is 1. The fourth-order valence-electron chi connectivity index (χ4n) is 4.52. The lowest BCUT2D eigenvalue weighted by atomic mass is 9.96. The molecule has 12 heteroatoms. The summed E-state index contributed by atoms with van der Waals surface area (Å²) in [5.74, 6) is 0.429. The Morgan fingerprint density at radius 3 is 2.76 bits per heavy atom. The van der Waals surface area contributed by atoms with Crippen LogP contribution in [0, 0.1) is 6.92 Å². The van der Waals surface area contributed by atoms with E-state index in [2.05, 4.69) is 15.4 Å². The van der Waals surface area contributed by atoms with Crippen molar-refractivity contribution in [3.8, 4) is 0 Å². The normalized spacial score (nSPS) is 22.7. The zero-order chi connectivity index (χ0) is 23.2. The van der Waals surface area contributed by atoms with Gasteiger partial charge in [-0.3, -0.25) is 4.68 Å². The number of aromatic nitrogens is 4. The molecule has 5 heterocycles. The summed E-state index contributed by atoms with van der Waals surface area (Å²) in [7, 11) is 0. The summed E-state index contributed by atoms with van der Waals surface area (Å²) in [4.78, 5) is 23.0. The predicted octanol–water partition coefficient (Wildman–Crippen LogP) is 3.19. The molecule has 176 valence electrons. The van der Waals surface area contributed by atoms with Crippen molar-refractivity contribution in [2.75, 3.05) is 25.1 Å². The van der Waals surface area contributed by atoms with Gasteiger partial charge in [0, 0.05) is 18.4 Å². The van der Waals surface area contributed by atoms with Crippen molar-refractivity contribution in [1.29, 1.82) is 0 Å². The number of alkyl halides is 3. The second-order valence-electron chi connectivity index (χ2n) is 8.63. The van der Waals surface area contributed by atoms with E-state index in [0.717, 1.165) is 28.9 Å². The molecule has 3 aliphatic heterocycles. The number of halogens is 3. The first-order valence-electron chi connectivity index (χ1n) is 10.8. The summed E-state index contributed by atoms with van der Waals surface area (Å²) in [6, 6.07) is -0.836. The van der Waals surface area contributed by atoms with Crippen molar-refractivity contribution in [3.63, 3.8) is 0 Å². The molecule has 2 N–H and O–H groups in total. The van der Waals surface area contributed by atoms with Crippen molar-refractivity contribution in [2.24, 2.45) is 0 Å². The lowest BCUT2D eigenvalue weighted by Gasteiger charge is -2.34. The Morgan fingerprint density at radius 2 is 2.06 bits per heavy atom. The molecule has 0 aromatic carbocycles. The van der Waals surface area contributed by atoms with Crippen LogP contribution < -0.4 is 10.6 Å². The first kappa shape index (κ1) is 21.7. The van der Waals surface area contributed by atoms with Gasteiger partial charge in [0.25, 0.3) is 0 Å². The molecule has 33 heavy (non-hydrogen) atoms. The van der Waals surface area contributed by atoms with Gasteiger partial charge in [-0.2, -0.15) is 18.3 Å². The number of rotatable bonds is 5. The topological polar surface area (TPSA) is 97.2 Å². The second kappa shape index (κ2) is 8.32. The number of nitrogens with one attached hydrogen (secondary N) is 2. The quantitative estimate of drug-likeness (QED) is 0.707. The highest BCUT2D eigenvalue weighted by Gasteiger charge is 2.41. The Hall–Kier alpha value is -3.15. The van der Waals surface area contributed by atoms with E-state index in [1.165, 1.54) is 4.90 Å². The first-order valence-corrected chi connectivity index (χ1v) is 10.8. The summed E-state index contributed by atoms with van der Waals surface area (Å²) < 4.78 is 44.5. The zero-order valence-corrected chi connectivity index (χ0v) is 18.0. The summed E-state index contributed by atoms with van der Waals surface area (Å²) in [6.45, 7) is 1.88. The number of ether oxygens (including phenoxy) is 1. The highest BCUT2D eigenvalue weighted by molar-refractivity contribution is 5.79. The molecule has 2 unspecified atom stereocenters. The summed E-state index contributed by atoms with van der Waals surface area (Å²) in [5, 5.41) is 9.51. The standard InChI is InChI=1S/C21H24F3N7O2/c1-12-6-25-19(28-14-7-27-30(8-14)17-9-33-10-17)29-18(12)13-4-15-2-3-16(5-13)31(15)20(32)26-11-21(22,23)24/h4,6-8,15-17H,2-3,5,9-11H2,1H3,(H,26,32)(H,25,28,29). The van der Waals surface area contributed by atoms with Crippen molar-refractivity contribution in [1.82, 2.24) is 30.0 Å². The highest BCUT2D eigenvalue weighted by atomic mass is 19.4. The maximum atomic E-state index is 12.5. The molecule has 0 saturated carbocycles. The van der Waals surface area contributed by atoms with Gasteiger partial charge in [0.2, 0.25) is 5.95 Å². The molecule has 3 aliphatic rings. The molecule has 0 radical (unpaired) electrons. The molecule has 0 spiro atoms. The molecule has 2 atom stereocenters. The van der Waals surface area contributed by atoms with Gasteiger partial charge in [0.05, 0.1) is 42.9 Å². The van der Waals surface area contributed by atoms with Crippen LogP contribution in [0.15, 0.2) is 24.7 Å². The monoisotopic (exact) mass is 463 g/mol. The molecule has 2 amide bonds. The molecular weight excluding hydrogens is 439 g/mol. The largest absolute Gasteiger partial charge is 0.405 e. The van der Waals surface area contributed by atoms with E-state index in [-0.39, 0.29) is 18.1 Å². The minimum absolute atomic E-state index is 0.156. The van der Waals surface area contributed by atoms with Crippen LogP contribution >= 0.6 is 0 Å². The van der Waals surface area contributed by atoms with Gasteiger partial charge >= 0.3 is 12.2 Å². The Balaban J connectivity index is 1.31. The van der Waals surface area contributed by atoms with Gasteiger partial charge in [-0.05, 0) is 37.3 Å². The fraction of sp³-hybridized carbons (Fsp3) is 0.524. The average molecular weight is 463 g/mol. The van der Waals surface area contributed by atoms with Gasteiger partial charge in [-0.15, -0.1) is 0 Å². The summed E-state index contributed by atoms with van der Waals surface area (Å²) >= 11 is 0. The smallest absolute Gasteiger partial charge is 0.377 e. The number of anilines is 2. The zero-order valence-electron chi connectivity index (χ0n) is 18.0. The Bertz CT molecular complexity index is 1080. The third-order valence-corrected chi connectivity index (χ3v) is 6.20. The number of hydrogen-bond donors (Lipinski definition) is 2. The summed E-state index contributed by atoms with van der Waals surface area (Å²) in [5.41, 5.74) is 3.41. The fourth-order valence-corrected chi connectivity index (χ4v) is 4.52. The van der Waals surface area contributed by atoms with Crippen LogP contribution in [0.1, 0.15) is 36.6 Å². The number of hydrogen-bond acceptors (Lipinski definition) is 6. The van der Waals surface area contributed by atoms with E-state index < -0.39 is 18.8 Å². The molecule has 9 nitrogen and oxygen atoms in total. The molecule has 2 aromatic rings. The molecule has 2 aromatic heterocycles. The van der Waals surface area contributed by atoms with Crippen molar-refractivity contribution in [3.05, 3.63) is 35.9 Å². The Kier molecular flexibility index (Phi) is 5.47. The number of aryl methyl sites for hydroxylation is 1. The third-order valence-electron chi connectivity index (χ3n) is 6.20. The minimum atomic E-state index is -4.44. The lowest BCUT2D eigenvalue weighted by molar-refractivity contribution is -0.123. The molecule has 2 bridgehead atoms. The van der Waals surface area contributed by atoms with Gasteiger partial charge in [-0.25, -0.2) is 14.8 Å². The third kappa shape index (κ3) is 4.52. The van der Waals surface area contributed by atoms with Crippen LogP contribution in [0.2, 0.25) is 0 Å². The summed E-state index contributed by atoms with van der Waals surface area (Å²) in [6.07, 6.45) is 4.83. The average Bonchev–Trinajstić information content (AvgIpc) is 3.27. The van der Waals surface area contributed by atoms with E-state index in [1.54, 1.807) is 12.4 Å². The maximum absolute atomic E-state index is 12.5. The van der Waals surface area contributed by atoms with E-state index in [9.17, 15) is 18.0 Å². The van der Waals surface area contributed by atoms with Crippen LogP contribution in [0.5, 0.6) is 0 Å². The molecular formula is C21H24F3N7O2. The lowest BCUT2D eigenvalue weighted by Crippen LogP contribution is -2.50. The Labute approximate surface area is 188 Å². The van der Waals surface area contributed by atoms with Gasteiger partial charge in [-0.1, -0.05) is 6.08 Å².